The zero-order valence-corrected chi connectivity index (χ0v) is 12.8. The van der Waals surface area contributed by atoms with Crippen molar-refractivity contribution in [1.29, 1.82) is 0 Å². The summed E-state index contributed by atoms with van der Waals surface area (Å²) in [4.78, 5) is 0. The van der Waals surface area contributed by atoms with Crippen LogP contribution >= 0.6 is 0 Å². The highest BCUT2D eigenvalue weighted by Crippen LogP contribution is 2.43. The normalized spacial score (nSPS) is 26.5. The third-order valence-electron chi connectivity index (χ3n) is 4.20. The zero-order valence-electron chi connectivity index (χ0n) is 12.8. The van der Waals surface area contributed by atoms with E-state index in [1.54, 1.807) is 0 Å². The van der Waals surface area contributed by atoms with Gasteiger partial charge in [0.05, 0.1) is 12.7 Å². The summed E-state index contributed by atoms with van der Waals surface area (Å²) < 4.78 is 12.3. The molecule has 1 aliphatic heterocycles. The van der Waals surface area contributed by atoms with Gasteiger partial charge in [-0.25, -0.2) is 0 Å². The van der Waals surface area contributed by atoms with E-state index in [0.717, 1.165) is 24.0 Å². The maximum Gasteiger partial charge on any atom is 0.226 e. The molecule has 3 unspecified atom stereocenters. The lowest BCUT2D eigenvalue weighted by Crippen LogP contribution is -2.46. The third-order valence-corrected chi connectivity index (χ3v) is 4.20. The molecule has 2 aromatic rings. The first-order valence-corrected chi connectivity index (χ1v) is 7.86. The van der Waals surface area contributed by atoms with Crippen LogP contribution in [0.4, 0.5) is 0 Å². The van der Waals surface area contributed by atoms with Crippen LogP contribution in [0.2, 0.25) is 0 Å². The fourth-order valence-electron chi connectivity index (χ4n) is 2.95. The van der Waals surface area contributed by atoms with Crippen molar-refractivity contribution >= 4 is 0 Å². The Hall–Kier alpha value is -1.68. The predicted molar refractivity (Wildman–Crippen MR) is 85.3 cm³/mol. The van der Waals surface area contributed by atoms with Crippen molar-refractivity contribution in [2.45, 2.75) is 37.8 Å². The molecule has 0 aromatic heterocycles. The van der Waals surface area contributed by atoms with Gasteiger partial charge in [0, 0.05) is 5.56 Å². The van der Waals surface area contributed by atoms with Crippen LogP contribution in [0.1, 0.15) is 37.0 Å². The van der Waals surface area contributed by atoms with Crippen LogP contribution in [-0.2, 0) is 15.3 Å². The van der Waals surface area contributed by atoms with Crippen LogP contribution in [0.5, 0.6) is 0 Å². The third kappa shape index (κ3) is 2.80. The maximum absolute atomic E-state index is 11.0. The number of hydrogen-bond donors (Lipinski definition) is 1. The minimum Gasteiger partial charge on any atom is -0.382 e. The molecule has 0 saturated carbocycles. The quantitative estimate of drug-likeness (QED) is 0.933. The second-order valence-electron chi connectivity index (χ2n) is 5.63. The van der Waals surface area contributed by atoms with Gasteiger partial charge in [0.2, 0.25) is 5.79 Å². The summed E-state index contributed by atoms with van der Waals surface area (Å²) in [5.74, 6) is -1.14. The smallest absolute Gasteiger partial charge is 0.226 e. The molecule has 0 aliphatic carbocycles. The molecule has 1 saturated heterocycles. The van der Waals surface area contributed by atoms with Gasteiger partial charge >= 0.3 is 0 Å². The van der Waals surface area contributed by atoms with E-state index in [1.165, 1.54) is 0 Å². The first kappa shape index (κ1) is 15.2. The summed E-state index contributed by atoms with van der Waals surface area (Å²) in [6.07, 6.45) is 0.976. The topological polar surface area (TPSA) is 38.7 Å². The Labute approximate surface area is 131 Å². The van der Waals surface area contributed by atoms with Gasteiger partial charge in [-0.05, 0) is 18.4 Å². The number of rotatable bonds is 4. The van der Waals surface area contributed by atoms with E-state index in [0.29, 0.717) is 6.61 Å². The van der Waals surface area contributed by atoms with Crippen LogP contribution in [0.25, 0.3) is 0 Å². The molecule has 0 radical (unpaired) electrons. The average molecular weight is 298 g/mol. The molecule has 1 heterocycles. The Balaban J connectivity index is 2.03. The molecule has 22 heavy (non-hydrogen) atoms. The first-order valence-electron chi connectivity index (χ1n) is 7.86. The Bertz CT molecular complexity index is 584. The summed E-state index contributed by atoms with van der Waals surface area (Å²) in [5, 5.41) is 11.0. The average Bonchev–Trinajstić information content (AvgIpc) is 2.62. The molecule has 2 aromatic carbocycles. The number of hydrogen-bond acceptors (Lipinski definition) is 3. The van der Waals surface area contributed by atoms with Gasteiger partial charge in [-0.1, -0.05) is 67.6 Å². The maximum atomic E-state index is 11.0. The van der Waals surface area contributed by atoms with Gasteiger partial charge < -0.3 is 14.6 Å². The van der Waals surface area contributed by atoms with Gasteiger partial charge in [-0.3, -0.25) is 0 Å². The lowest BCUT2D eigenvalue weighted by molar-refractivity contribution is -0.342. The molecule has 0 spiro atoms. The summed E-state index contributed by atoms with van der Waals surface area (Å²) in [6.45, 7) is 2.68. The van der Waals surface area contributed by atoms with Crippen LogP contribution in [0.15, 0.2) is 60.7 Å². The van der Waals surface area contributed by atoms with E-state index < -0.39 is 11.9 Å². The van der Waals surface area contributed by atoms with Gasteiger partial charge in [0.15, 0.2) is 0 Å². The Morgan fingerprint density at radius 3 is 2.36 bits per heavy atom. The fourth-order valence-corrected chi connectivity index (χ4v) is 2.95. The Morgan fingerprint density at radius 1 is 1.09 bits per heavy atom. The second kappa shape index (κ2) is 6.61. The summed E-state index contributed by atoms with van der Waals surface area (Å²) in [6, 6.07) is 19.3. The van der Waals surface area contributed by atoms with Crippen molar-refractivity contribution < 1.29 is 14.6 Å². The lowest BCUT2D eigenvalue weighted by Gasteiger charge is -2.44. The molecule has 0 bridgehead atoms. The molecule has 3 heteroatoms. The minimum atomic E-state index is -1.14. The molecule has 1 aliphatic rings. The largest absolute Gasteiger partial charge is 0.382 e. The molecule has 3 rings (SSSR count). The Kier molecular flexibility index (Phi) is 4.57. The molecule has 1 N–H and O–H groups in total. The van der Waals surface area contributed by atoms with E-state index in [4.69, 9.17) is 9.47 Å². The summed E-state index contributed by atoms with van der Waals surface area (Å²) >= 11 is 0. The van der Waals surface area contributed by atoms with Crippen molar-refractivity contribution in [1.82, 2.24) is 0 Å². The van der Waals surface area contributed by atoms with Gasteiger partial charge in [0.1, 0.15) is 6.10 Å². The second-order valence-corrected chi connectivity index (χ2v) is 5.63. The molecule has 116 valence electrons. The van der Waals surface area contributed by atoms with Crippen LogP contribution in [0, 0.1) is 0 Å². The standard InChI is InChI=1S/C19H22O3/c1-2-17-13-14-21-19(22-17,16-11-7-4-8-12-16)18(20)15-9-5-3-6-10-15/h3-12,17-18,20H,2,13-14H2,1H3. The van der Waals surface area contributed by atoms with Crippen LogP contribution in [0.3, 0.4) is 0 Å². The SMILES string of the molecule is CCC1CCOC(c2ccccc2)(C(O)c2ccccc2)O1. The van der Waals surface area contributed by atoms with E-state index in [2.05, 4.69) is 6.92 Å². The van der Waals surface area contributed by atoms with E-state index in [-0.39, 0.29) is 6.10 Å². The highest BCUT2D eigenvalue weighted by Gasteiger charge is 2.47. The summed E-state index contributed by atoms with van der Waals surface area (Å²) in [5.41, 5.74) is 1.65. The Morgan fingerprint density at radius 2 is 1.73 bits per heavy atom. The highest BCUT2D eigenvalue weighted by molar-refractivity contribution is 5.28. The predicted octanol–water partition coefficient (Wildman–Crippen LogP) is 3.79. The van der Waals surface area contributed by atoms with Gasteiger partial charge in [-0.2, -0.15) is 0 Å². The van der Waals surface area contributed by atoms with E-state index in [9.17, 15) is 5.11 Å². The van der Waals surface area contributed by atoms with E-state index in [1.807, 2.05) is 60.7 Å². The van der Waals surface area contributed by atoms with Crippen molar-refractivity contribution in [3.05, 3.63) is 71.8 Å². The molecule has 3 atom stereocenters. The van der Waals surface area contributed by atoms with Crippen LogP contribution < -0.4 is 0 Å². The highest BCUT2D eigenvalue weighted by atomic mass is 16.7. The first-order chi connectivity index (χ1) is 10.8. The molecule has 0 amide bonds. The molecular weight excluding hydrogens is 276 g/mol. The van der Waals surface area contributed by atoms with Crippen molar-refractivity contribution in [2.75, 3.05) is 6.61 Å². The number of aliphatic hydroxyl groups is 1. The molecule has 1 fully saturated rings. The number of benzene rings is 2. The lowest BCUT2D eigenvalue weighted by atomic mass is 9.92. The van der Waals surface area contributed by atoms with Gasteiger partial charge in [0.25, 0.3) is 0 Å². The van der Waals surface area contributed by atoms with Crippen molar-refractivity contribution in [2.24, 2.45) is 0 Å². The molecule has 3 nitrogen and oxygen atoms in total. The van der Waals surface area contributed by atoms with E-state index >= 15 is 0 Å². The monoisotopic (exact) mass is 298 g/mol. The number of ether oxygens (including phenoxy) is 2. The van der Waals surface area contributed by atoms with Gasteiger partial charge in [-0.15, -0.1) is 0 Å². The minimum absolute atomic E-state index is 0.0901. The fraction of sp³-hybridized carbons (Fsp3) is 0.368. The number of aliphatic hydroxyl groups excluding tert-OH is 1. The summed E-state index contributed by atoms with van der Waals surface area (Å²) in [7, 11) is 0. The van der Waals surface area contributed by atoms with Crippen LogP contribution in [-0.4, -0.2) is 17.8 Å². The van der Waals surface area contributed by atoms with Crippen molar-refractivity contribution in [3.8, 4) is 0 Å². The molecular formula is C19H22O3. The zero-order chi connectivity index (χ0) is 15.4. The van der Waals surface area contributed by atoms with Crippen molar-refractivity contribution in [3.63, 3.8) is 0 Å².